The molecule has 2 aromatic carbocycles. The summed E-state index contributed by atoms with van der Waals surface area (Å²) < 4.78 is 1.60. The summed E-state index contributed by atoms with van der Waals surface area (Å²) in [5, 5.41) is 22.6. The second-order valence-electron chi connectivity index (χ2n) is 16.7. The molecule has 2 fully saturated rings. The summed E-state index contributed by atoms with van der Waals surface area (Å²) in [6.07, 6.45) is 3.71. The Morgan fingerprint density at radius 2 is 1.57 bits per heavy atom. The summed E-state index contributed by atoms with van der Waals surface area (Å²) in [4.78, 5) is 113. The predicted molar refractivity (Wildman–Crippen MR) is 235 cm³/mol. The summed E-state index contributed by atoms with van der Waals surface area (Å²) in [7, 11) is 0. The topological polar surface area (TPSA) is 325 Å². The van der Waals surface area contributed by atoms with E-state index in [0.717, 1.165) is 16.5 Å². The number of hydrogen-bond donors (Lipinski definition) is 9. The van der Waals surface area contributed by atoms with E-state index in [-0.39, 0.29) is 32.4 Å². The van der Waals surface area contributed by atoms with Gasteiger partial charge in [0.2, 0.25) is 47.3 Å². The van der Waals surface area contributed by atoms with Gasteiger partial charge in [0.25, 0.3) is 0 Å². The molecule has 2 aromatic heterocycles. The Morgan fingerprint density at radius 1 is 0.862 bits per heavy atom. The number of nitrogens with zero attached hydrogens (tertiary/aromatic N) is 4. The third-order valence-corrected chi connectivity index (χ3v) is 12.0. The number of nitrogens with two attached hydrogens (primary N) is 3. The molecule has 0 unspecified atom stereocenters. The van der Waals surface area contributed by atoms with Crippen LogP contribution in [0.1, 0.15) is 68.8 Å². The third kappa shape index (κ3) is 12.1. The van der Waals surface area contributed by atoms with Gasteiger partial charge < -0.3 is 53.7 Å². The van der Waals surface area contributed by atoms with Crippen LogP contribution in [0.25, 0.3) is 10.9 Å². The molecule has 2 aliphatic heterocycles. The number of nitrogens with one attached hydrogen (secondary N) is 6. The number of aromatic amines is 1. The Morgan fingerprint density at radius 3 is 2.29 bits per heavy atom. The van der Waals surface area contributed by atoms with Crippen molar-refractivity contribution >= 4 is 58.2 Å². The number of hydrogen-bond acceptors (Lipinski definition) is 11. The summed E-state index contributed by atoms with van der Waals surface area (Å²) in [5.41, 5.74) is 20.5. The van der Waals surface area contributed by atoms with E-state index in [4.69, 9.17) is 17.2 Å². The molecule has 8 atom stereocenters. The number of amides is 8. The van der Waals surface area contributed by atoms with Gasteiger partial charge in [-0.25, -0.2) is 4.68 Å². The van der Waals surface area contributed by atoms with Crippen LogP contribution in [0.15, 0.2) is 67.0 Å². The first-order valence-corrected chi connectivity index (χ1v) is 21.7. The maximum Gasteiger partial charge on any atom is 0.246 e. The Bertz CT molecular complexity index is 2380. The van der Waals surface area contributed by atoms with Crippen LogP contribution in [-0.4, -0.2) is 121 Å². The van der Waals surface area contributed by atoms with E-state index >= 15 is 0 Å². The molecule has 21 heteroatoms. The Kier molecular flexibility index (Phi) is 15.6. The fourth-order valence-corrected chi connectivity index (χ4v) is 8.10. The molecule has 65 heavy (non-hydrogen) atoms. The van der Waals surface area contributed by atoms with Crippen molar-refractivity contribution in [2.45, 2.75) is 108 Å². The highest BCUT2D eigenvalue weighted by atomic mass is 16.2. The number of benzene rings is 2. The van der Waals surface area contributed by atoms with Crippen molar-refractivity contribution in [3.63, 3.8) is 0 Å². The van der Waals surface area contributed by atoms with Crippen molar-refractivity contribution in [2.75, 3.05) is 13.1 Å². The van der Waals surface area contributed by atoms with Crippen LogP contribution in [-0.2, 0) is 57.6 Å². The lowest BCUT2D eigenvalue weighted by Gasteiger charge is -2.33. The van der Waals surface area contributed by atoms with Gasteiger partial charge in [0.05, 0.1) is 30.6 Å². The van der Waals surface area contributed by atoms with Crippen molar-refractivity contribution in [2.24, 2.45) is 23.1 Å². The minimum absolute atomic E-state index is 0.0313. The maximum atomic E-state index is 14.9. The van der Waals surface area contributed by atoms with E-state index in [1.54, 1.807) is 30.9 Å². The first-order valence-electron chi connectivity index (χ1n) is 21.7. The molecule has 21 nitrogen and oxygen atoms in total. The van der Waals surface area contributed by atoms with Gasteiger partial charge >= 0.3 is 0 Å². The lowest BCUT2D eigenvalue weighted by atomic mass is 9.96. The van der Waals surface area contributed by atoms with Crippen LogP contribution in [0.4, 0.5) is 0 Å². The molecular formula is C44H57N13O8. The molecule has 0 bridgehead atoms. The van der Waals surface area contributed by atoms with Gasteiger partial charge in [-0.15, -0.1) is 5.10 Å². The summed E-state index contributed by atoms with van der Waals surface area (Å²) in [6.45, 7) is 3.28. The van der Waals surface area contributed by atoms with Gasteiger partial charge in [0.15, 0.2) is 0 Å². The number of H-pyrrole nitrogens is 1. The summed E-state index contributed by atoms with van der Waals surface area (Å²) in [5.74, 6) is -7.13. The normalized spacial score (nSPS) is 24.7. The van der Waals surface area contributed by atoms with Crippen LogP contribution < -0.4 is 43.8 Å². The maximum absolute atomic E-state index is 14.9. The number of carbonyl (C=O) groups is 8. The van der Waals surface area contributed by atoms with E-state index in [0.29, 0.717) is 30.5 Å². The molecule has 4 aromatic rings. The van der Waals surface area contributed by atoms with Crippen LogP contribution >= 0.6 is 0 Å². The fourth-order valence-electron chi connectivity index (χ4n) is 8.10. The smallest absolute Gasteiger partial charge is 0.246 e. The van der Waals surface area contributed by atoms with E-state index < -0.39 is 108 Å². The van der Waals surface area contributed by atoms with Crippen LogP contribution in [0, 0.1) is 5.92 Å². The van der Waals surface area contributed by atoms with Crippen LogP contribution in [0.3, 0.4) is 0 Å². The SMILES string of the molecule is CC[C@@H](C)[C@H]1NC(=O)[C@@H](CC(N)=O)NC(=O)[C@@H](N)CC(=O)NCC[C@H](C(N)=O)NC(=O)[C@@H](Cc2c[nH]c3ccccc23)NC(=O)[C@H]2C[C@@H](n3cc(CCc4ccccc4)nn3)CN2C1=O. The molecular weight excluding hydrogens is 839 g/mol. The van der Waals surface area contributed by atoms with Gasteiger partial charge in [0.1, 0.15) is 30.2 Å². The number of para-hydroxylation sites is 1. The number of primary amides is 2. The second-order valence-corrected chi connectivity index (χ2v) is 16.7. The molecule has 2 saturated heterocycles. The standard InChI is InChI=1S/C44H57N13O8/c1-3-24(2)38-44(65)56-23-28(57-22-27(54-55-57)14-13-25-9-5-4-6-10-25)18-35(56)43(64)52-33(17-26-21-49-31-12-8-7-11-29(26)31)41(62)50-32(39(47)60)15-16-48-37(59)19-30(45)40(61)51-34(20-36(46)58)42(63)53-38/h4-12,21-22,24,28,30,32-35,38,49H,3,13-20,23,45H2,1-2H3,(H2,46,58)(H2,47,60)(H,48,59)(H,50,62)(H,51,61)(H,52,64)(H,53,63)/t24-,28-,30+,32-,33-,34-,35-,38-/m1/s1. The van der Waals surface area contributed by atoms with E-state index in [1.165, 1.54) is 4.90 Å². The molecule has 6 rings (SSSR count). The number of carbonyl (C=O) groups excluding carboxylic acids is 8. The van der Waals surface area contributed by atoms with Crippen molar-refractivity contribution in [1.29, 1.82) is 0 Å². The van der Waals surface area contributed by atoms with Crippen molar-refractivity contribution in [1.82, 2.24) is 51.5 Å². The van der Waals surface area contributed by atoms with E-state index in [1.807, 2.05) is 54.6 Å². The van der Waals surface area contributed by atoms with Gasteiger partial charge in [-0.2, -0.15) is 0 Å². The lowest BCUT2D eigenvalue weighted by Crippen LogP contribution is -2.60. The number of fused-ring (bicyclic) bond motifs is 2. The Labute approximate surface area is 374 Å². The minimum Gasteiger partial charge on any atom is -0.370 e. The zero-order valence-corrected chi connectivity index (χ0v) is 36.3. The average molecular weight is 896 g/mol. The number of aryl methyl sites for hydroxylation is 2. The zero-order valence-electron chi connectivity index (χ0n) is 36.3. The molecule has 0 spiro atoms. The molecule has 346 valence electrons. The average Bonchev–Trinajstić information content (AvgIpc) is 4.05. The Balaban J connectivity index is 1.37. The molecule has 0 aliphatic carbocycles. The molecule has 0 saturated carbocycles. The highest BCUT2D eigenvalue weighted by molar-refractivity contribution is 5.99. The highest BCUT2D eigenvalue weighted by Crippen LogP contribution is 2.30. The summed E-state index contributed by atoms with van der Waals surface area (Å²) in [6, 6.07) is 8.43. The quantitative estimate of drug-likeness (QED) is 0.0836. The van der Waals surface area contributed by atoms with Gasteiger partial charge in [0, 0.05) is 49.2 Å². The summed E-state index contributed by atoms with van der Waals surface area (Å²) >= 11 is 0. The fraction of sp³-hybridized carbons (Fsp3) is 0.455. The third-order valence-electron chi connectivity index (χ3n) is 12.0. The van der Waals surface area contributed by atoms with Crippen molar-refractivity contribution in [3.05, 3.63) is 83.8 Å². The molecule has 12 N–H and O–H groups in total. The molecule has 2 aliphatic rings. The number of aromatic nitrogens is 4. The van der Waals surface area contributed by atoms with E-state index in [2.05, 4.69) is 41.9 Å². The van der Waals surface area contributed by atoms with Crippen molar-refractivity contribution in [3.8, 4) is 0 Å². The van der Waals surface area contributed by atoms with Crippen molar-refractivity contribution < 1.29 is 38.4 Å². The van der Waals surface area contributed by atoms with Gasteiger partial charge in [-0.1, -0.05) is 74.0 Å². The molecule has 0 radical (unpaired) electrons. The van der Waals surface area contributed by atoms with Crippen LogP contribution in [0.5, 0.6) is 0 Å². The second kappa shape index (κ2) is 21.5. The first kappa shape index (κ1) is 47.3. The minimum atomic E-state index is -1.59. The molecule has 4 heterocycles. The van der Waals surface area contributed by atoms with Crippen LogP contribution in [0.2, 0.25) is 0 Å². The Hall–Kier alpha value is -7.16. The highest BCUT2D eigenvalue weighted by Gasteiger charge is 2.45. The predicted octanol–water partition coefficient (Wildman–Crippen LogP) is -1.49. The monoisotopic (exact) mass is 895 g/mol. The van der Waals surface area contributed by atoms with Gasteiger partial charge in [-0.3, -0.25) is 38.4 Å². The first-order chi connectivity index (χ1) is 31.1. The zero-order chi connectivity index (χ0) is 46.8. The number of rotatable bonds is 11. The largest absolute Gasteiger partial charge is 0.370 e. The molecule has 8 amide bonds. The lowest BCUT2D eigenvalue weighted by molar-refractivity contribution is -0.143. The van der Waals surface area contributed by atoms with Gasteiger partial charge in [-0.05, 0) is 42.4 Å². The van der Waals surface area contributed by atoms with E-state index in [9.17, 15) is 38.4 Å².